The van der Waals surface area contributed by atoms with Crippen molar-refractivity contribution in [1.82, 2.24) is 0 Å². The van der Waals surface area contributed by atoms with E-state index in [4.69, 9.17) is 5.73 Å². The lowest BCUT2D eigenvalue weighted by molar-refractivity contribution is -0.140. The number of nitrogens with two attached hydrogens (primary N) is 1. The molecular weight excluding hydrogens is 358 g/mol. The van der Waals surface area contributed by atoms with E-state index >= 15 is 0 Å². The third-order valence-electron chi connectivity index (χ3n) is 2.85. The van der Waals surface area contributed by atoms with E-state index in [2.05, 4.69) is 15.9 Å². The summed E-state index contributed by atoms with van der Waals surface area (Å²) in [6.07, 6.45) is -4.73. The molecule has 1 nitrogen and oxygen atoms in total. The molecule has 1 unspecified atom stereocenters. The molecule has 1 heterocycles. The summed E-state index contributed by atoms with van der Waals surface area (Å²) in [5.41, 5.74) is 4.44. The second-order valence-electron chi connectivity index (χ2n) is 4.24. The Labute approximate surface area is 125 Å². The largest absolute Gasteiger partial charge is 0.419 e. The van der Waals surface area contributed by atoms with Crippen LogP contribution in [-0.2, 0) is 6.18 Å². The summed E-state index contributed by atoms with van der Waals surface area (Å²) < 4.78 is 52.8. The highest BCUT2D eigenvalue weighted by Gasteiger charge is 2.35. The summed E-state index contributed by atoms with van der Waals surface area (Å²) in [7, 11) is 0. The minimum Gasteiger partial charge on any atom is -0.320 e. The van der Waals surface area contributed by atoms with Gasteiger partial charge in [0.15, 0.2) is 0 Å². The number of thiophene rings is 1. The topological polar surface area (TPSA) is 26.0 Å². The van der Waals surface area contributed by atoms with Crippen LogP contribution in [-0.4, -0.2) is 0 Å². The molecule has 108 valence electrons. The molecule has 0 radical (unpaired) electrons. The van der Waals surface area contributed by atoms with E-state index in [0.29, 0.717) is 10.9 Å². The highest BCUT2D eigenvalue weighted by molar-refractivity contribution is 9.10. The Morgan fingerprint density at radius 2 is 1.95 bits per heavy atom. The molecule has 0 fully saturated rings. The van der Waals surface area contributed by atoms with E-state index in [0.717, 1.165) is 15.4 Å². The van der Waals surface area contributed by atoms with Crippen LogP contribution in [0.3, 0.4) is 0 Å². The minimum absolute atomic E-state index is 0.159. The van der Waals surface area contributed by atoms with Crippen LogP contribution in [0.25, 0.3) is 0 Å². The lowest BCUT2D eigenvalue weighted by Gasteiger charge is -2.15. The van der Waals surface area contributed by atoms with E-state index in [1.165, 1.54) is 17.4 Å². The van der Waals surface area contributed by atoms with Crippen LogP contribution in [0.5, 0.6) is 0 Å². The van der Waals surface area contributed by atoms with Gasteiger partial charge < -0.3 is 5.73 Å². The quantitative estimate of drug-likeness (QED) is 0.740. The zero-order chi connectivity index (χ0) is 15.1. The highest BCUT2D eigenvalue weighted by atomic mass is 79.9. The van der Waals surface area contributed by atoms with Crippen molar-refractivity contribution >= 4 is 27.3 Å². The third kappa shape index (κ3) is 2.89. The molecule has 1 aromatic heterocycles. The molecule has 0 bridgehead atoms. The molecule has 0 saturated heterocycles. The molecule has 7 heteroatoms. The van der Waals surface area contributed by atoms with E-state index < -0.39 is 23.6 Å². The summed E-state index contributed by atoms with van der Waals surface area (Å²) >= 11 is 4.62. The van der Waals surface area contributed by atoms with Gasteiger partial charge in [-0.05, 0) is 35.0 Å². The van der Waals surface area contributed by atoms with Gasteiger partial charge in [-0.1, -0.05) is 12.1 Å². The van der Waals surface area contributed by atoms with Gasteiger partial charge in [-0.3, -0.25) is 0 Å². The maximum Gasteiger partial charge on any atom is 0.419 e. The first-order chi connectivity index (χ1) is 9.21. The summed E-state index contributed by atoms with van der Waals surface area (Å²) in [5, 5.41) is 0. The summed E-state index contributed by atoms with van der Waals surface area (Å²) in [5.74, 6) is -1.31. The molecule has 20 heavy (non-hydrogen) atoms. The Bertz CT molecular complexity index is 616. The first kappa shape index (κ1) is 15.5. The average Bonchev–Trinajstić information content (AvgIpc) is 2.67. The predicted molar refractivity (Wildman–Crippen MR) is 74.2 cm³/mol. The Balaban J connectivity index is 2.48. The average molecular weight is 368 g/mol. The van der Waals surface area contributed by atoms with Gasteiger partial charge in [0.1, 0.15) is 5.82 Å². The van der Waals surface area contributed by atoms with E-state index in [1.807, 2.05) is 6.92 Å². The molecule has 0 saturated carbocycles. The maximum absolute atomic E-state index is 14.0. The van der Waals surface area contributed by atoms with Crippen LogP contribution < -0.4 is 5.73 Å². The fourth-order valence-electron chi connectivity index (χ4n) is 1.80. The van der Waals surface area contributed by atoms with Crippen molar-refractivity contribution in [2.75, 3.05) is 0 Å². The lowest BCUT2D eigenvalue weighted by Crippen LogP contribution is -2.16. The molecule has 0 aliphatic rings. The van der Waals surface area contributed by atoms with Gasteiger partial charge in [0.25, 0.3) is 0 Å². The zero-order valence-electron chi connectivity index (χ0n) is 10.3. The van der Waals surface area contributed by atoms with Gasteiger partial charge in [0, 0.05) is 19.8 Å². The molecule has 0 spiro atoms. The maximum atomic E-state index is 14.0. The first-order valence-electron chi connectivity index (χ1n) is 5.59. The van der Waals surface area contributed by atoms with Gasteiger partial charge in [0.2, 0.25) is 0 Å². The molecule has 1 aromatic carbocycles. The molecule has 0 amide bonds. The van der Waals surface area contributed by atoms with Crippen molar-refractivity contribution in [3.63, 3.8) is 0 Å². The fraction of sp³-hybridized carbons (Fsp3) is 0.231. The number of rotatable bonds is 2. The van der Waals surface area contributed by atoms with Crippen LogP contribution in [0.15, 0.2) is 28.7 Å². The summed E-state index contributed by atoms with van der Waals surface area (Å²) in [4.78, 5) is 1.54. The van der Waals surface area contributed by atoms with Crippen LogP contribution >= 0.6 is 27.3 Å². The monoisotopic (exact) mass is 367 g/mol. The Morgan fingerprint density at radius 3 is 2.45 bits per heavy atom. The van der Waals surface area contributed by atoms with Crippen molar-refractivity contribution in [2.24, 2.45) is 5.73 Å². The van der Waals surface area contributed by atoms with Crippen molar-refractivity contribution in [3.05, 3.63) is 55.4 Å². The number of alkyl halides is 3. The van der Waals surface area contributed by atoms with Crippen molar-refractivity contribution in [1.29, 1.82) is 0 Å². The van der Waals surface area contributed by atoms with Gasteiger partial charge in [-0.15, -0.1) is 11.3 Å². The summed E-state index contributed by atoms with van der Waals surface area (Å²) in [6, 6.07) is 3.92. The number of benzene rings is 1. The van der Waals surface area contributed by atoms with Crippen molar-refractivity contribution in [2.45, 2.75) is 19.1 Å². The van der Waals surface area contributed by atoms with E-state index in [1.54, 1.807) is 6.07 Å². The van der Waals surface area contributed by atoms with Gasteiger partial charge in [-0.2, -0.15) is 13.2 Å². The Kier molecular flexibility index (Phi) is 4.22. The number of aryl methyl sites for hydroxylation is 1. The van der Waals surface area contributed by atoms with Crippen molar-refractivity contribution in [3.8, 4) is 0 Å². The normalized spacial score (nSPS) is 13.6. The SMILES string of the molecule is Cc1sc(C(N)c2cccc(C(F)(F)F)c2F)cc1Br. The molecule has 2 N–H and O–H groups in total. The standard InChI is InChI=1S/C13H10BrF4NS/c1-6-9(14)5-10(20-6)12(19)7-3-2-4-8(11(7)15)13(16,17)18/h2-5,12H,19H2,1H3. The molecule has 1 atom stereocenters. The first-order valence-corrected chi connectivity index (χ1v) is 7.19. The Hall–Kier alpha value is -0.920. The second kappa shape index (κ2) is 5.46. The van der Waals surface area contributed by atoms with Gasteiger partial charge in [-0.25, -0.2) is 4.39 Å². The number of hydrogen-bond donors (Lipinski definition) is 1. The lowest BCUT2D eigenvalue weighted by atomic mass is 10.0. The molecule has 2 rings (SSSR count). The van der Waals surface area contributed by atoms with Crippen LogP contribution in [0.2, 0.25) is 0 Å². The van der Waals surface area contributed by atoms with E-state index in [9.17, 15) is 17.6 Å². The molecular formula is C13H10BrF4NS. The van der Waals surface area contributed by atoms with Crippen LogP contribution in [0.4, 0.5) is 17.6 Å². The van der Waals surface area contributed by atoms with Crippen molar-refractivity contribution < 1.29 is 17.6 Å². The Morgan fingerprint density at radius 1 is 1.30 bits per heavy atom. The highest BCUT2D eigenvalue weighted by Crippen LogP contribution is 2.37. The fourth-order valence-corrected chi connectivity index (χ4v) is 3.38. The smallest absolute Gasteiger partial charge is 0.320 e. The van der Waals surface area contributed by atoms with Gasteiger partial charge >= 0.3 is 6.18 Å². The summed E-state index contributed by atoms with van der Waals surface area (Å²) in [6.45, 7) is 1.84. The predicted octanol–water partition coefficient (Wildman–Crippen LogP) is 5.03. The minimum atomic E-state index is -4.73. The number of halogens is 5. The molecule has 2 aromatic rings. The molecule has 0 aliphatic carbocycles. The second-order valence-corrected chi connectivity index (χ2v) is 6.38. The molecule has 0 aliphatic heterocycles. The van der Waals surface area contributed by atoms with E-state index in [-0.39, 0.29) is 5.56 Å². The van der Waals surface area contributed by atoms with Crippen LogP contribution in [0, 0.1) is 12.7 Å². The van der Waals surface area contributed by atoms with Gasteiger partial charge in [0.05, 0.1) is 11.6 Å². The third-order valence-corrected chi connectivity index (χ3v) is 5.07. The van der Waals surface area contributed by atoms with Crippen LogP contribution in [0.1, 0.15) is 26.9 Å². The zero-order valence-corrected chi connectivity index (χ0v) is 12.7. The number of hydrogen-bond acceptors (Lipinski definition) is 2.